The molecule has 0 spiro atoms. The molecule has 0 radical (unpaired) electrons. The predicted molar refractivity (Wildman–Crippen MR) is 256 cm³/mol. The SMILES string of the molecule is CC/C=C\C/C=C\C/C=C\C/C=C\CCCCCCCCC(=O)OCC(COC(=O)CCCCCCCCC)OC(=O)CCCCCCC/C=C\CCCCCCCCC. The van der Waals surface area contributed by atoms with Crippen molar-refractivity contribution in [3.63, 3.8) is 0 Å². The van der Waals surface area contributed by atoms with E-state index in [1.807, 2.05) is 0 Å². The van der Waals surface area contributed by atoms with Crippen LogP contribution in [0.15, 0.2) is 60.8 Å². The number of carbonyl (C=O) groups excluding carboxylic acids is 3. The second-order valence-corrected chi connectivity index (χ2v) is 16.7. The van der Waals surface area contributed by atoms with Gasteiger partial charge < -0.3 is 14.2 Å². The van der Waals surface area contributed by atoms with Crippen molar-refractivity contribution in [2.24, 2.45) is 0 Å². The number of unbranched alkanes of at least 4 members (excludes halogenated alkanes) is 24. The average Bonchev–Trinajstić information content (AvgIpc) is 3.24. The molecule has 6 heteroatoms. The van der Waals surface area contributed by atoms with E-state index >= 15 is 0 Å². The van der Waals surface area contributed by atoms with E-state index in [4.69, 9.17) is 14.2 Å². The maximum atomic E-state index is 12.7. The van der Waals surface area contributed by atoms with E-state index in [1.165, 1.54) is 103 Å². The normalized spacial score (nSPS) is 12.5. The molecule has 346 valence electrons. The van der Waals surface area contributed by atoms with Crippen LogP contribution in [0.4, 0.5) is 0 Å². The van der Waals surface area contributed by atoms with Crippen LogP contribution in [0, 0.1) is 0 Å². The van der Waals surface area contributed by atoms with Gasteiger partial charge >= 0.3 is 17.9 Å². The number of esters is 3. The molecule has 6 nitrogen and oxygen atoms in total. The summed E-state index contributed by atoms with van der Waals surface area (Å²) >= 11 is 0. The highest BCUT2D eigenvalue weighted by Gasteiger charge is 2.19. The van der Waals surface area contributed by atoms with Crippen molar-refractivity contribution in [1.29, 1.82) is 0 Å². The van der Waals surface area contributed by atoms with Crippen molar-refractivity contribution in [3.05, 3.63) is 60.8 Å². The summed E-state index contributed by atoms with van der Waals surface area (Å²) in [5, 5.41) is 0. The molecule has 0 bridgehead atoms. The van der Waals surface area contributed by atoms with Crippen molar-refractivity contribution in [1.82, 2.24) is 0 Å². The molecule has 0 aliphatic carbocycles. The van der Waals surface area contributed by atoms with E-state index in [0.29, 0.717) is 19.3 Å². The Morgan fingerprint density at radius 2 is 0.650 bits per heavy atom. The largest absolute Gasteiger partial charge is 0.462 e. The third kappa shape index (κ3) is 46.2. The van der Waals surface area contributed by atoms with Crippen molar-refractivity contribution in [3.8, 4) is 0 Å². The minimum atomic E-state index is -0.780. The molecule has 0 aliphatic rings. The van der Waals surface area contributed by atoms with E-state index in [0.717, 1.165) is 103 Å². The standard InChI is InChI=1S/C54H94O6/c1-4-7-10-13-16-18-20-22-24-26-27-28-30-31-33-35-38-41-44-47-53(56)59-50-51(49-58-52(55)46-43-40-37-15-12-9-6-3)60-54(57)48-45-42-39-36-34-32-29-25-23-21-19-17-14-11-8-5-2/h7,10,16,18,22,24-25,27-29,51H,4-6,8-9,11-15,17,19-21,23,26,30-50H2,1-3H3/b10-7-,18-16-,24-22-,28-27-,29-25-. The zero-order valence-electron chi connectivity index (χ0n) is 39.5. The summed E-state index contributed by atoms with van der Waals surface area (Å²) in [5.41, 5.74) is 0. The van der Waals surface area contributed by atoms with Gasteiger partial charge in [-0.25, -0.2) is 0 Å². The summed E-state index contributed by atoms with van der Waals surface area (Å²) < 4.78 is 16.7. The van der Waals surface area contributed by atoms with Gasteiger partial charge in [-0.15, -0.1) is 0 Å². The fourth-order valence-electron chi connectivity index (χ4n) is 6.96. The highest BCUT2D eigenvalue weighted by atomic mass is 16.6. The van der Waals surface area contributed by atoms with Gasteiger partial charge in [0.05, 0.1) is 0 Å². The number of rotatable bonds is 45. The van der Waals surface area contributed by atoms with Crippen LogP contribution < -0.4 is 0 Å². The lowest BCUT2D eigenvalue weighted by Gasteiger charge is -2.18. The highest BCUT2D eigenvalue weighted by molar-refractivity contribution is 5.71. The van der Waals surface area contributed by atoms with Gasteiger partial charge in [0.25, 0.3) is 0 Å². The van der Waals surface area contributed by atoms with Gasteiger partial charge in [0.2, 0.25) is 0 Å². The molecule has 0 saturated carbocycles. The van der Waals surface area contributed by atoms with Crippen LogP contribution >= 0.6 is 0 Å². The molecule has 0 saturated heterocycles. The van der Waals surface area contributed by atoms with Crippen molar-refractivity contribution >= 4 is 17.9 Å². The molecule has 0 aromatic rings. The lowest BCUT2D eigenvalue weighted by atomic mass is 10.1. The van der Waals surface area contributed by atoms with E-state index in [2.05, 4.69) is 81.5 Å². The predicted octanol–water partition coefficient (Wildman–Crippen LogP) is 16.5. The summed E-state index contributed by atoms with van der Waals surface area (Å²) in [6, 6.07) is 0. The fourth-order valence-corrected chi connectivity index (χ4v) is 6.96. The van der Waals surface area contributed by atoms with Crippen LogP contribution in [0.25, 0.3) is 0 Å². The van der Waals surface area contributed by atoms with Crippen LogP contribution in [0.2, 0.25) is 0 Å². The molecule has 1 unspecified atom stereocenters. The Labute approximate surface area is 370 Å². The molecule has 0 aromatic heterocycles. The summed E-state index contributed by atoms with van der Waals surface area (Å²) in [6.45, 7) is 6.46. The minimum absolute atomic E-state index is 0.0816. The highest BCUT2D eigenvalue weighted by Crippen LogP contribution is 2.14. The topological polar surface area (TPSA) is 78.9 Å². The summed E-state index contributed by atoms with van der Waals surface area (Å²) in [4.78, 5) is 37.8. The van der Waals surface area contributed by atoms with Gasteiger partial charge in [0.1, 0.15) is 13.2 Å². The first-order valence-corrected chi connectivity index (χ1v) is 25.3. The summed E-state index contributed by atoms with van der Waals surface area (Å²) in [7, 11) is 0. The molecule has 0 fully saturated rings. The molecule has 0 amide bonds. The molecule has 0 heterocycles. The van der Waals surface area contributed by atoms with Crippen molar-refractivity contribution in [2.75, 3.05) is 13.2 Å². The van der Waals surface area contributed by atoms with E-state index in [-0.39, 0.29) is 31.1 Å². The molecule has 0 N–H and O–H groups in total. The van der Waals surface area contributed by atoms with Crippen molar-refractivity contribution < 1.29 is 28.6 Å². The minimum Gasteiger partial charge on any atom is -0.462 e. The Bertz CT molecular complexity index is 1100. The van der Waals surface area contributed by atoms with Crippen LogP contribution in [0.1, 0.15) is 245 Å². The fraction of sp³-hybridized carbons (Fsp3) is 0.759. The number of carbonyl (C=O) groups is 3. The Kier molecular flexibility index (Phi) is 46.4. The van der Waals surface area contributed by atoms with Crippen molar-refractivity contribution in [2.45, 2.75) is 252 Å². The molecular formula is C54H94O6. The first kappa shape index (κ1) is 57.1. The third-order valence-electron chi connectivity index (χ3n) is 10.8. The van der Waals surface area contributed by atoms with E-state index in [9.17, 15) is 14.4 Å². The smallest absolute Gasteiger partial charge is 0.306 e. The van der Waals surface area contributed by atoms with Gasteiger partial charge in [0.15, 0.2) is 6.10 Å². The Morgan fingerprint density at radius 3 is 1.03 bits per heavy atom. The molecule has 1 atom stereocenters. The van der Waals surface area contributed by atoms with Crippen LogP contribution in [0.5, 0.6) is 0 Å². The lowest BCUT2D eigenvalue weighted by molar-refractivity contribution is -0.167. The summed E-state index contributed by atoms with van der Waals surface area (Å²) in [6.07, 6.45) is 59.3. The van der Waals surface area contributed by atoms with Gasteiger partial charge in [0, 0.05) is 19.3 Å². The zero-order valence-corrected chi connectivity index (χ0v) is 39.5. The maximum absolute atomic E-state index is 12.7. The van der Waals surface area contributed by atoms with Gasteiger partial charge in [-0.1, -0.05) is 204 Å². The molecule has 0 rings (SSSR count). The van der Waals surface area contributed by atoms with Crippen LogP contribution in [0.3, 0.4) is 0 Å². The zero-order chi connectivity index (χ0) is 43.7. The number of allylic oxidation sites excluding steroid dienone is 10. The first-order valence-electron chi connectivity index (χ1n) is 25.3. The van der Waals surface area contributed by atoms with E-state index in [1.54, 1.807) is 0 Å². The number of hydrogen-bond acceptors (Lipinski definition) is 6. The second-order valence-electron chi connectivity index (χ2n) is 16.7. The van der Waals surface area contributed by atoms with Crippen LogP contribution in [-0.2, 0) is 28.6 Å². The second kappa shape index (κ2) is 48.8. The molecular weight excluding hydrogens is 745 g/mol. The molecule has 0 aliphatic heterocycles. The lowest BCUT2D eigenvalue weighted by Crippen LogP contribution is -2.30. The van der Waals surface area contributed by atoms with Crippen LogP contribution in [-0.4, -0.2) is 37.2 Å². The third-order valence-corrected chi connectivity index (χ3v) is 10.8. The average molecular weight is 839 g/mol. The maximum Gasteiger partial charge on any atom is 0.306 e. The summed E-state index contributed by atoms with van der Waals surface area (Å²) in [5.74, 6) is -0.908. The quantitative estimate of drug-likeness (QED) is 0.0263. The van der Waals surface area contributed by atoms with Gasteiger partial charge in [-0.2, -0.15) is 0 Å². The van der Waals surface area contributed by atoms with Gasteiger partial charge in [-0.05, 0) is 83.5 Å². The Hall–Kier alpha value is -2.89. The molecule has 0 aromatic carbocycles. The van der Waals surface area contributed by atoms with E-state index < -0.39 is 6.10 Å². The number of ether oxygens (including phenoxy) is 3. The first-order chi connectivity index (χ1) is 29.5. The Balaban J connectivity index is 4.30. The monoisotopic (exact) mass is 839 g/mol. The molecule has 60 heavy (non-hydrogen) atoms. The Morgan fingerprint density at radius 1 is 0.350 bits per heavy atom. The van der Waals surface area contributed by atoms with Gasteiger partial charge in [-0.3, -0.25) is 14.4 Å². The number of hydrogen-bond donors (Lipinski definition) is 0.